The summed E-state index contributed by atoms with van der Waals surface area (Å²) in [5.41, 5.74) is 9.03. The van der Waals surface area contributed by atoms with Crippen LogP contribution in [0, 0.1) is 0 Å². The minimum absolute atomic E-state index is 0.209. The van der Waals surface area contributed by atoms with Crippen molar-refractivity contribution in [2.24, 2.45) is 5.73 Å². The van der Waals surface area contributed by atoms with Gasteiger partial charge in [-0.2, -0.15) is 0 Å². The normalized spacial score (nSPS) is 21.7. The summed E-state index contributed by atoms with van der Waals surface area (Å²) in [4.78, 5) is 2.45. The molecule has 0 spiro atoms. The number of hydrogen-bond donors (Lipinski definition) is 1. The second kappa shape index (κ2) is 7.16. The molecule has 1 fully saturated rings. The third-order valence-corrected chi connectivity index (χ3v) is 4.37. The Hall–Kier alpha value is -1.84. The van der Waals surface area contributed by atoms with E-state index in [1.807, 2.05) is 13.8 Å². The summed E-state index contributed by atoms with van der Waals surface area (Å²) in [6, 6.07) is 19.2. The number of hydrogen-bond acceptors (Lipinski definition) is 3. The Morgan fingerprint density at radius 2 is 1.74 bits per heavy atom. The van der Waals surface area contributed by atoms with E-state index in [1.54, 1.807) is 0 Å². The maximum Gasteiger partial charge on any atom is 0.119 e. The van der Waals surface area contributed by atoms with Crippen molar-refractivity contribution in [1.29, 1.82) is 0 Å². The van der Waals surface area contributed by atoms with Gasteiger partial charge in [0.25, 0.3) is 0 Å². The smallest absolute Gasteiger partial charge is 0.119 e. The second-order valence-corrected chi connectivity index (χ2v) is 6.69. The van der Waals surface area contributed by atoms with E-state index < -0.39 is 0 Å². The lowest BCUT2D eigenvalue weighted by Crippen LogP contribution is -2.28. The lowest BCUT2D eigenvalue weighted by molar-refractivity contribution is 0.242. The summed E-state index contributed by atoms with van der Waals surface area (Å²) in [5, 5.41) is 0. The van der Waals surface area contributed by atoms with E-state index in [9.17, 15) is 0 Å². The van der Waals surface area contributed by atoms with Gasteiger partial charge < -0.3 is 10.5 Å². The van der Waals surface area contributed by atoms with E-state index in [-0.39, 0.29) is 12.1 Å². The molecule has 23 heavy (non-hydrogen) atoms. The zero-order valence-corrected chi connectivity index (χ0v) is 14.0. The minimum Gasteiger partial charge on any atom is -0.491 e. The minimum atomic E-state index is 0.209. The molecule has 0 bridgehead atoms. The average Bonchev–Trinajstić information content (AvgIpc) is 2.90. The lowest BCUT2D eigenvalue weighted by atomic mass is 9.95. The molecule has 1 aliphatic rings. The fourth-order valence-electron chi connectivity index (χ4n) is 3.30. The molecule has 3 heteroatoms. The highest BCUT2D eigenvalue weighted by molar-refractivity contribution is 5.28. The number of rotatable bonds is 5. The van der Waals surface area contributed by atoms with E-state index in [0.717, 1.165) is 25.4 Å². The van der Waals surface area contributed by atoms with Gasteiger partial charge in [-0.05, 0) is 37.1 Å². The Labute approximate surface area is 139 Å². The Kier molecular flexibility index (Phi) is 4.99. The van der Waals surface area contributed by atoms with Crippen molar-refractivity contribution in [1.82, 2.24) is 4.90 Å². The average molecular weight is 310 g/mol. The lowest BCUT2D eigenvalue weighted by Gasteiger charge is -2.17. The molecule has 3 rings (SSSR count). The molecule has 2 aromatic carbocycles. The van der Waals surface area contributed by atoms with E-state index >= 15 is 0 Å². The summed E-state index contributed by atoms with van der Waals surface area (Å²) in [6.07, 6.45) is 0.212. The van der Waals surface area contributed by atoms with Gasteiger partial charge in [0, 0.05) is 31.6 Å². The molecule has 3 nitrogen and oxygen atoms in total. The van der Waals surface area contributed by atoms with E-state index in [4.69, 9.17) is 10.5 Å². The quantitative estimate of drug-likeness (QED) is 0.920. The zero-order chi connectivity index (χ0) is 16.2. The van der Waals surface area contributed by atoms with Crippen LogP contribution in [-0.2, 0) is 6.54 Å². The maximum atomic E-state index is 6.37. The zero-order valence-electron chi connectivity index (χ0n) is 14.0. The van der Waals surface area contributed by atoms with Crippen LogP contribution in [-0.4, -0.2) is 30.1 Å². The summed E-state index contributed by atoms with van der Waals surface area (Å²) in [5.74, 6) is 1.36. The number of benzene rings is 2. The molecule has 1 aliphatic heterocycles. The topological polar surface area (TPSA) is 38.5 Å². The van der Waals surface area contributed by atoms with Gasteiger partial charge in [0.2, 0.25) is 0 Å². The summed E-state index contributed by atoms with van der Waals surface area (Å²) in [7, 11) is 0. The van der Waals surface area contributed by atoms with Gasteiger partial charge in [0.1, 0.15) is 5.75 Å². The van der Waals surface area contributed by atoms with Gasteiger partial charge >= 0.3 is 0 Å². The van der Waals surface area contributed by atoms with Crippen LogP contribution in [0.4, 0.5) is 0 Å². The SMILES string of the molecule is CC(C)Oc1ccc(CN2C[C@@H](N)[C@H](c3ccccc3)C2)cc1. The van der Waals surface area contributed by atoms with Gasteiger partial charge in [-0.1, -0.05) is 42.5 Å². The first-order valence-electron chi connectivity index (χ1n) is 8.40. The fourth-order valence-corrected chi connectivity index (χ4v) is 3.30. The first-order valence-corrected chi connectivity index (χ1v) is 8.40. The Morgan fingerprint density at radius 3 is 2.39 bits per heavy atom. The standard InChI is InChI=1S/C20H26N2O/c1-15(2)23-18-10-8-16(9-11-18)12-22-13-19(20(21)14-22)17-6-4-3-5-7-17/h3-11,15,19-20H,12-14,21H2,1-2H3/t19-,20+/m0/s1. The number of nitrogens with two attached hydrogens (primary N) is 1. The molecule has 0 unspecified atom stereocenters. The van der Waals surface area contributed by atoms with Crippen LogP contribution in [0.3, 0.4) is 0 Å². The highest BCUT2D eigenvalue weighted by atomic mass is 16.5. The van der Waals surface area contributed by atoms with Crippen LogP contribution in [0.1, 0.15) is 30.9 Å². The molecule has 2 N–H and O–H groups in total. The van der Waals surface area contributed by atoms with Gasteiger partial charge in [-0.25, -0.2) is 0 Å². The Morgan fingerprint density at radius 1 is 1.04 bits per heavy atom. The van der Waals surface area contributed by atoms with Crippen LogP contribution in [0.25, 0.3) is 0 Å². The first-order chi connectivity index (χ1) is 11.1. The molecule has 0 aromatic heterocycles. The van der Waals surface area contributed by atoms with Gasteiger partial charge in [-0.3, -0.25) is 4.90 Å². The van der Waals surface area contributed by atoms with Crippen molar-refractivity contribution in [2.45, 2.75) is 38.5 Å². The molecule has 2 atom stereocenters. The van der Waals surface area contributed by atoms with E-state index in [2.05, 4.69) is 59.5 Å². The Balaban J connectivity index is 1.61. The largest absolute Gasteiger partial charge is 0.491 e. The predicted molar refractivity (Wildman–Crippen MR) is 94.6 cm³/mol. The van der Waals surface area contributed by atoms with E-state index in [0.29, 0.717) is 5.92 Å². The van der Waals surface area contributed by atoms with Crippen molar-refractivity contribution >= 4 is 0 Å². The molecular formula is C20H26N2O. The van der Waals surface area contributed by atoms with Crippen molar-refractivity contribution in [2.75, 3.05) is 13.1 Å². The van der Waals surface area contributed by atoms with Crippen LogP contribution >= 0.6 is 0 Å². The van der Waals surface area contributed by atoms with Gasteiger partial charge in [0.15, 0.2) is 0 Å². The third kappa shape index (κ3) is 4.12. The molecule has 2 aromatic rings. The maximum absolute atomic E-state index is 6.37. The molecule has 0 saturated carbocycles. The van der Waals surface area contributed by atoms with Crippen LogP contribution in [0.5, 0.6) is 5.75 Å². The van der Waals surface area contributed by atoms with Crippen molar-refractivity contribution in [3.63, 3.8) is 0 Å². The molecule has 0 radical (unpaired) electrons. The summed E-state index contributed by atoms with van der Waals surface area (Å²) < 4.78 is 5.70. The molecule has 122 valence electrons. The molecule has 0 aliphatic carbocycles. The number of likely N-dealkylation sites (tertiary alicyclic amines) is 1. The number of ether oxygens (including phenoxy) is 1. The fraction of sp³-hybridized carbons (Fsp3) is 0.400. The monoisotopic (exact) mass is 310 g/mol. The number of nitrogens with zero attached hydrogens (tertiary/aromatic N) is 1. The van der Waals surface area contributed by atoms with Crippen molar-refractivity contribution in [3.05, 3.63) is 65.7 Å². The highest BCUT2D eigenvalue weighted by Gasteiger charge is 2.30. The molecule has 1 heterocycles. The third-order valence-electron chi connectivity index (χ3n) is 4.37. The first kappa shape index (κ1) is 16.0. The van der Waals surface area contributed by atoms with Crippen LogP contribution < -0.4 is 10.5 Å². The summed E-state index contributed by atoms with van der Waals surface area (Å²) >= 11 is 0. The van der Waals surface area contributed by atoms with Crippen molar-refractivity contribution < 1.29 is 4.74 Å². The summed E-state index contributed by atoms with van der Waals surface area (Å²) in [6.45, 7) is 7.00. The predicted octanol–water partition coefficient (Wildman–Crippen LogP) is 3.40. The van der Waals surface area contributed by atoms with Crippen LogP contribution in [0.15, 0.2) is 54.6 Å². The van der Waals surface area contributed by atoms with E-state index in [1.165, 1.54) is 11.1 Å². The highest BCUT2D eigenvalue weighted by Crippen LogP contribution is 2.27. The van der Waals surface area contributed by atoms with Gasteiger partial charge in [0.05, 0.1) is 6.10 Å². The van der Waals surface area contributed by atoms with Gasteiger partial charge in [-0.15, -0.1) is 0 Å². The molecule has 1 saturated heterocycles. The van der Waals surface area contributed by atoms with Crippen LogP contribution in [0.2, 0.25) is 0 Å². The molecular weight excluding hydrogens is 284 g/mol. The Bertz CT molecular complexity index is 609. The second-order valence-electron chi connectivity index (χ2n) is 6.69. The van der Waals surface area contributed by atoms with Crippen molar-refractivity contribution in [3.8, 4) is 5.75 Å². The molecule has 0 amide bonds.